The molecule has 2 aromatic carbocycles. The van der Waals surface area contributed by atoms with Gasteiger partial charge in [-0.2, -0.15) is 0 Å². The lowest BCUT2D eigenvalue weighted by Gasteiger charge is -2.26. The van der Waals surface area contributed by atoms with Crippen molar-refractivity contribution in [3.8, 4) is 11.5 Å². The van der Waals surface area contributed by atoms with Crippen molar-refractivity contribution in [2.75, 3.05) is 26.3 Å². The number of amides is 2. The summed E-state index contributed by atoms with van der Waals surface area (Å²) in [7, 11) is 0. The number of carbonyl (C=O) groups excluding carboxylic acids is 2. The fraction of sp³-hybridized carbons (Fsp3) is 0.462. The Bertz CT molecular complexity index is 969. The van der Waals surface area contributed by atoms with Crippen LogP contribution in [0.5, 0.6) is 11.5 Å². The molecule has 7 heteroatoms. The first kappa shape index (κ1) is 23.1. The van der Waals surface area contributed by atoms with Crippen molar-refractivity contribution in [1.82, 2.24) is 9.80 Å². The summed E-state index contributed by atoms with van der Waals surface area (Å²) in [6.07, 6.45) is 5.15. The Kier molecular flexibility index (Phi) is 7.47. The van der Waals surface area contributed by atoms with Crippen LogP contribution in [-0.4, -0.2) is 54.0 Å². The molecule has 176 valence electrons. The maximum Gasteiger partial charge on any atom is 0.260 e. The number of benzene rings is 2. The Morgan fingerprint density at radius 3 is 2.39 bits per heavy atom. The number of ether oxygens (including phenoxy) is 2. The topological polar surface area (TPSA) is 59.1 Å². The molecule has 0 bridgehead atoms. The fourth-order valence-corrected chi connectivity index (χ4v) is 4.11. The van der Waals surface area contributed by atoms with Crippen LogP contribution >= 0.6 is 0 Å². The molecule has 0 N–H and O–H groups in total. The summed E-state index contributed by atoms with van der Waals surface area (Å²) in [5, 5.41) is 0. The van der Waals surface area contributed by atoms with Gasteiger partial charge in [0.2, 0.25) is 0 Å². The molecule has 0 spiro atoms. The molecule has 0 atom stereocenters. The average Bonchev–Trinajstić information content (AvgIpc) is 3.68. The van der Waals surface area contributed by atoms with Crippen molar-refractivity contribution in [3.63, 3.8) is 0 Å². The van der Waals surface area contributed by atoms with E-state index in [1.165, 1.54) is 12.1 Å². The summed E-state index contributed by atoms with van der Waals surface area (Å²) in [6.45, 7) is 4.21. The van der Waals surface area contributed by atoms with Crippen LogP contribution in [0.25, 0.3) is 0 Å². The van der Waals surface area contributed by atoms with Gasteiger partial charge in [-0.25, -0.2) is 4.39 Å². The highest BCUT2D eigenvalue weighted by atomic mass is 19.1. The lowest BCUT2D eigenvalue weighted by molar-refractivity contribution is -0.134. The molecule has 0 unspecified atom stereocenters. The SMILES string of the molecule is CCOc1cc(C(=O)N(Cc2ccc(F)cc2)C2CC2)ccc1OCC(=O)N1CCCCC1. The van der Waals surface area contributed by atoms with Crippen LogP contribution in [0.15, 0.2) is 42.5 Å². The normalized spacial score (nSPS) is 15.8. The monoisotopic (exact) mass is 454 g/mol. The maximum absolute atomic E-state index is 13.3. The van der Waals surface area contributed by atoms with Crippen molar-refractivity contribution in [2.24, 2.45) is 0 Å². The average molecular weight is 455 g/mol. The third-order valence-electron chi connectivity index (χ3n) is 6.07. The molecule has 2 fully saturated rings. The van der Waals surface area contributed by atoms with E-state index in [1.54, 1.807) is 30.3 Å². The minimum absolute atomic E-state index is 0.0310. The molecular weight excluding hydrogens is 423 g/mol. The summed E-state index contributed by atoms with van der Waals surface area (Å²) in [6, 6.07) is 11.5. The zero-order valence-electron chi connectivity index (χ0n) is 19.1. The maximum atomic E-state index is 13.3. The molecule has 0 radical (unpaired) electrons. The number of likely N-dealkylation sites (tertiary alicyclic amines) is 1. The Hall–Kier alpha value is -3.09. The predicted molar refractivity (Wildman–Crippen MR) is 123 cm³/mol. The molecule has 6 nitrogen and oxygen atoms in total. The van der Waals surface area contributed by atoms with Crippen molar-refractivity contribution in [3.05, 3.63) is 59.4 Å². The molecule has 4 rings (SSSR count). The third-order valence-corrected chi connectivity index (χ3v) is 6.07. The van der Waals surface area contributed by atoms with Gasteiger partial charge >= 0.3 is 0 Å². The molecule has 1 heterocycles. The molecule has 1 saturated carbocycles. The smallest absolute Gasteiger partial charge is 0.260 e. The second-order valence-electron chi connectivity index (χ2n) is 8.62. The number of piperidine rings is 1. The van der Waals surface area contributed by atoms with Crippen LogP contribution < -0.4 is 9.47 Å². The van der Waals surface area contributed by atoms with Crippen molar-refractivity contribution in [1.29, 1.82) is 0 Å². The molecule has 2 amide bonds. The first-order chi connectivity index (χ1) is 16.0. The van der Waals surface area contributed by atoms with Crippen LogP contribution in [0.1, 0.15) is 54.9 Å². The van der Waals surface area contributed by atoms with Gasteiger partial charge in [-0.3, -0.25) is 9.59 Å². The Morgan fingerprint density at radius 1 is 1.00 bits per heavy atom. The predicted octanol–water partition coefficient (Wildman–Crippen LogP) is 4.42. The first-order valence-corrected chi connectivity index (χ1v) is 11.8. The van der Waals surface area contributed by atoms with Gasteiger partial charge in [0, 0.05) is 31.2 Å². The number of hydrogen-bond donors (Lipinski definition) is 0. The number of nitrogens with zero attached hydrogens (tertiary/aromatic N) is 2. The highest BCUT2D eigenvalue weighted by Crippen LogP contribution is 2.33. The summed E-state index contributed by atoms with van der Waals surface area (Å²) in [5.74, 6) is 0.483. The lowest BCUT2D eigenvalue weighted by atomic mass is 10.1. The van der Waals surface area contributed by atoms with E-state index in [2.05, 4.69) is 0 Å². The van der Waals surface area contributed by atoms with E-state index in [0.717, 1.165) is 50.8 Å². The van der Waals surface area contributed by atoms with Crippen molar-refractivity contribution in [2.45, 2.75) is 51.6 Å². The number of halogens is 1. The summed E-state index contributed by atoms with van der Waals surface area (Å²) < 4.78 is 24.8. The van der Waals surface area contributed by atoms with E-state index in [9.17, 15) is 14.0 Å². The van der Waals surface area contributed by atoms with E-state index in [1.807, 2.05) is 16.7 Å². The van der Waals surface area contributed by atoms with Crippen LogP contribution in [0.3, 0.4) is 0 Å². The molecule has 1 aliphatic carbocycles. The van der Waals surface area contributed by atoms with E-state index in [-0.39, 0.29) is 30.3 Å². The minimum Gasteiger partial charge on any atom is -0.490 e. The largest absolute Gasteiger partial charge is 0.490 e. The van der Waals surface area contributed by atoms with Gasteiger partial charge in [-0.15, -0.1) is 0 Å². The number of rotatable bonds is 9. The highest BCUT2D eigenvalue weighted by Gasteiger charge is 2.33. The fourth-order valence-electron chi connectivity index (χ4n) is 4.11. The van der Waals surface area contributed by atoms with Crippen LogP contribution in [0.4, 0.5) is 4.39 Å². The van der Waals surface area contributed by atoms with Crippen LogP contribution in [-0.2, 0) is 11.3 Å². The summed E-state index contributed by atoms with van der Waals surface area (Å²) in [4.78, 5) is 29.5. The quantitative estimate of drug-likeness (QED) is 0.563. The van der Waals surface area contributed by atoms with Gasteiger partial charge in [0.1, 0.15) is 5.82 Å². The van der Waals surface area contributed by atoms with Crippen molar-refractivity contribution < 1.29 is 23.5 Å². The molecule has 1 saturated heterocycles. The van der Waals surface area contributed by atoms with E-state index in [0.29, 0.717) is 30.2 Å². The standard InChI is InChI=1S/C26H31FN2O4/c1-2-32-24-16-20(8-13-23(24)33-18-25(30)28-14-4-3-5-15-28)26(31)29(22-11-12-22)17-19-6-9-21(27)10-7-19/h6-10,13,16,22H,2-5,11-12,14-15,17-18H2,1H3. The molecule has 1 aliphatic heterocycles. The highest BCUT2D eigenvalue weighted by molar-refractivity contribution is 5.95. The second kappa shape index (κ2) is 10.7. The van der Waals surface area contributed by atoms with Gasteiger partial charge in [-0.1, -0.05) is 12.1 Å². The first-order valence-electron chi connectivity index (χ1n) is 11.8. The van der Waals surface area contributed by atoms with E-state index < -0.39 is 0 Å². The van der Waals surface area contributed by atoms with Gasteiger partial charge in [0.15, 0.2) is 18.1 Å². The zero-order valence-corrected chi connectivity index (χ0v) is 19.1. The van der Waals surface area contributed by atoms with E-state index >= 15 is 0 Å². The second-order valence-corrected chi connectivity index (χ2v) is 8.62. The number of hydrogen-bond acceptors (Lipinski definition) is 4. The van der Waals surface area contributed by atoms with Gasteiger partial charge in [-0.05, 0) is 74.9 Å². The molecule has 2 aromatic rings. The third kappa shape index (κ3) is 6.03. The van der Waals surface area contributed by atoms with Gasteiger partial charge in [0.05, 0.1) is 6.61 Å². The van der Waals surface area contributed by atoms with Gasteiger partial charge < -0.3 is 19.3 Å². The molecular formula is C26H31FN2O4. The molecule has 2 aliphatic rings. The zero-order chi connectivity index (χ0) is 23.2. The Morgan fingerprint density at radius 2 is 1.73 bits per heavy atom. The number of carbonyl (C=O) groups is 2. The Balaban J connectivity index is 1.46. The lowest BCUT2D eigenvalue weighted by Crippen LogP contribution is -2.38. The van der Waals surface area contributed by atoms with E-state index in [4.69, 9.17) is 9.47 Å². The van der Waals surface area contributed by atoms with Crippen LogP contribution in [0.2, 0.25) is 0 Å². The van der Waals surface area contributed by atoms with Crippen molar-refractivity contribution >= 4 is 11.8 Å². The van der Waals surface area contributed by atoms with Crippen LogP contribution in [0, 0.1) is 5.82 Å². The summed E-state index contributed by atoms with van der Waals surface area (Å²) >= 11 is 0. The molecule has 0 aromatic heterocycles. The molecule has 33 heavy (non-hydrogen) atoms. The summed E-state index contributed by atoms with van der Waals surface area (Å²) in [5.41, 5.74) is 1.39. The Labute approximate surface area is 194 Å². The van der Waals surface area contributed by atoms with Gasteiger partial charge in [0.25, 0.3) is 11.8 Å². The minimum atomic E-state index is -0.293.